The minimum atomic E-state index is -0.209. The summed E-state index contributed by atoms with van der Waals surface area (Å²) < 4.78 is 11.0. The largest absolute Gasteiger partial charge is 0.454 e. The summed E-state index contributed by atoms with van der Waals surface area (Å²) in [5, 5.41) is 0. The number of amides is 2. The maximum Gasteiger partial charge on any atom is 0.261 e. The molecule has 3 aromatic rings. The molecule has 0 N–H and O–H groups in total. The van der Waals surface area contributed by atoms with Crippen LogP contribution in [0.15, 0.2) is 72.8 Å². The highest BCUT2D eigenvalue weighted by Crippen LogP contribution is 2.37. The molecule has 2 aliphatic heterocycles. The number of fused-ring (bicyclic) bond motifs is 2. The molecule has 0 radical (unpaired) electrons. The van der Waals surface area contributed by atoms with E-state index in [0.717, 1.165) is 23.5 Å². The van der Waals surface area contributed by atoms with Gasteiger partial charge in [-0.15, -0.1) is 0 Å². The predicted octanol–water partition coefficient (Wildman–Crippen LogP) is 4.43. The zero-order valence-electron chi connectivity index (χ0n) is 16.4. The minimum Gasteiger partial charge on any atom is -0.454 e. The number of ether oxygens (including phenoxy) is 2. The molecule has 0 unspecified atom stereocenters. The fourth-order valence-electron chi connectivity index (χ4n) is 4.18. The van der Waals surface area contributed by atoms with Crippen LogP contribution in [0.3, 0.4) is 0 Å². The number of rotatable bonds is 6. The Labute approximate surface area is 174 Å². The number of carbonyl (C=O) groups excluding carboxylic acids is 2. The Morgan fingerprint density at radius 1 is 0.800 bits per heavy atom. The Bertz CT molecular complexity index is 1070. The number of imide groups is 1. The van der Waals surface area contributed by atoms with E-state index in [1.165, 1.54) is 10.5 Å². The van der Waals surface area contributed by atoms with Crippen molar-refractivity contribution in [1.82, 2.24) is 4.90 Å². The van der Waals surface area contributed by atoms with Crippen LogP contribution in [0.25, 0.3) is 0 Å². The molecule has 0 spiro atoms. The topological polar surface area (TPSA) is 55.8 Å². The van der Waals surface area contributed by atoms with Gasteiger partial charge in [0.2, 0.25) is 6.79 Å². The molecule has 0 saturated carbocycles. The summed E-state index contributed by atoms with van der Waals surface area (Å²) in [4.78, 5) is 26.8. The van der Waals surface area contributed by atoms with Gasteiger partial charge in [0.25, 0.3) is 11.8 Å². The number of nitrogens with zero attached hydrogens (tertiary/aromatic N) is 1. The Morgan fingerprint density at radius 2 is 1.47 bits per heavy atom. The van der Waals surface area contributed by atoms with Crippen molar-refractivity contribution in [3.8, 4) is 11.5 Å². The van der Waals surface area contributed by atoms with Crippen molar-refractivity contribution in [1.29, 1.82) is 0 Å². The average molecular weight is 399 g/mol. The SMILES string of the molecule is O=C1c2ccccc2C(=O)N1CC[C@@H](Cc1ccccc1)c1ccc2c(c1)OCO2. The molecule has 150 valence electrons. The molecule has 3 aromatic carbocycles. The molecule has 30 heavy (non-hydrogen) atoms. The average Bonchev–Trinajstić information content (AvgIpc) is 3.35. The molecule has 0 saturated heterocycles. The highest BCUT2D eigenvalue weighted by atomic mass is 16.7. The Balaban J connectivity index is 1.39. The second-order valence-electron chi connectivity index (χ2n) is 7.60. The van der Waals surface area contributed by atoms with Crippen molar-refractivity contribution >= 4 is 11.8 Å². The highest BCUT2D eigenvalue weighted by Gasteiger charge is 2.35. The third-order valence-electron chi connectivity index (χ3n) is 5.77. The van der Waals surface area contributed by atoms with E-state index in [1.807, 2.05) is 36.4 Å². The number of hydrogen-bond donors (Lipinski definition) is 0. The van der Waals surface area contributed by atoms with Crippen LogP contribution in [0, 0.1) is 0 Å². The predicted molar refractivity (Wildman–Crippen MR) is 112 cm³/mol. The third kappa shape index (κ3) is 3.32. The van der Waals surface area contributed by atoms with Gasteiger partial charge in [-0.25, -0.2) is 0 Å². The Hall–Kier alpha value is -3.60. The van der Waals surface area contributed by atoms with Crippen molar-refractivity contribution in [2.45, 2.75) is 18.8 Å². The number of benzene rings is 3. The lowest BCUT2D eigenvalue weighted by Gasteiger charge is -2.21. The van der Waals surface area contributed by atoms with E-state index in [-0.39, 0.29) is 24.5 Å². The first-order valence-electron chi connectivity index (χ1n) is 10.1. The molecule has 2 heterocycles. The lowest BCUT2D eigenvalue weighted by atomic mass is 9.89. The van der Waals surface area contributed by atoms with Crippen LogP contribution in [-0.2, 0) is 6.42 Å². The molecule has 2 aliphatic rings. The third-order valence-corrected chi connectivity index (χ3v) is 5.77. The van der Waals surface area contributed by atoms with Crippen LogP contribution >= 0.6 is 0 Å². The van der Waals surface area contributed by atoms with Crippen molar-refractivity contribution in [2.24, 2.45) is 0 Å². The van der Waals surface area contributed by atoms with Gasteiger partial charge in [-0.1, -0.05) is 48.5 Å². The first kappa shape index (κ1) is 18.4. The summed E-state index contributed by atoms with van der Waals surface area (Å²) in [6.07, 6.45) is 1.48. The fraction of sp³-hybridized carbons (Fsp3) is 0.200. The molecular weight excluding hydrogens is 378 g/mol. The standard InChI is InChI=1S/C25H21NO4/c27-24-20-8-4-5-9-21(20)25(28)26(24)13-12-19(14-17-6-2-1-3-7-17)18-10-11-22-23(15-18)30-16-29-22/h1-11,15,19H,12-14,16H2/t19-/m0/s1. The quantitative estimate of drug-likeness (QED) is 0.576. The summed E-state index contributed by atoms with van der Waals surface area (Å²) in [5.41, 5.74) is 3.30. The van der Waals surface area contributed by atoms with Crippen LogP contribution < -0.4 is 9.47 Å². The smallest absolute Gasteiger partial charge is 0.261 e. The van der Waals surface area contributed by atoms with Gasteiger partial charge in [-0.2, -0.15) is 0 Å². The maximum absolute atomic E-state index is 12.7. The molecule has 0 fully saturated rings. The second kappa shape index (κ2) is 7.67. The molecule has 0 aliphatic carbocycles. The summed E-state index contributed by atoms with van der Waals surface area (Å²) in [6, 6.07) is 23.2. The van der Waals surface area contributed by atoms with Crippen molar-refractivity contribution in [3.05, 3.63) is 95.1 Å². The van der Waals surface area contributed by atoms with Crippen LogP contribution in [0.1, 0.15) is 44.2 Å². The summed E-state index contributed by atoms with van der Waals surface area (Å²) in [5.74, 6) is 1.20. The molecule has 5 nitrogen and oxygen atoms in total. The second-order valence-corrected chi connectivity index (χ2v) is 7.60. The molecule has 1 atom stereocenters. The van der Waals surface area contributed by atoms with Crippen molar-refractivity contribution in [3.63, 3.8) is 0 Å². The molecule has 0 bridgehead atoms. The normalized spacial score (nSPS) is 15.4. The molecule has 5 rings (SSSR count). The first-order valence-corrected chi connectivity index (χ1v) is 10.1. The van der Waals surface area contributed by atoms with Gasteiger partial charge >= 0.3 is 0 Å². The van der Waals surface area contributed by atoms with Crippen molar-refractivity contribution < 1.29 is 19.1 Å². The van der Waals surface area contributed by atoms with E-state index < -0.39 is 0 Å². The van der Waals surface area contributed by atoms with Gasteiger partial charge in [0, 0.05) is 6.54 Å². The van der Waals surface area contributed by atoms with E-state index in [2.05, 4.69) is 12.1 Å². The fourth-order valence-corrected chi connectivity index (χ4v) is 4.18. The molecule has 5 heteroatoms. The monoisotopic (exact) mass is 399 g/mol. The zero-order valence-corrected chi connectivity index (χ0v) is 16.4. The van der Waals surface area contributed by atoms with E-state index in [4.69, 9.17) is 9.47 Å². The minimum absolute atomic E-state index is 0.131. The van der Waals surface area contributed by atoms with Crippen LogP contribution in [0.4, 0.5) is 0 Å². The first-order chi connectivity index (χ1) is 14.7. The summed E-state index contributed by atoms with van der Waals surface area (Å²) in [7, 11) is 0. The summed E-state index contributed by atoms with van der Waals surface area (Å²) >= 11 is 0. The lowest BCUT2D eigenvalue weighted by molar-refractivity contribution is 0.0649. The van der Waals surface area contributed by atoms with E-state index in [9.17, 15) is 9.59 Å². The lowest BCUT2D eigenvalue weighted by Crippen LogP contribution is -2.31. The van der Waals surface area contributed by atoms with Crippen molar-refractivity contribution in [2.75, 3.05) is 13.3 Å². The highest BCUT2D eigenvalue weighted by molar-refractivity contribution is 6.21. The van der Waals surface area contributed by atoms with Crippen LogP contribution in [-0.4, -0.2) is 30.1 Å². The Kier molecular flexibility index (Phi) is 4.71. The maximum atomic E-state index is 12.7. The zero-order chi connectivity index (χ0) is 20.5. The van der Waals surface area contributed by atoms with Gasteiger partial charge in [-0.3, -0.25) is 14.5 Å². The molecular formula is C25H21NO4. The van der Waals surface area contributed by atoms with E-state index in [1.54, 1.807) is 24.3 Å². The Morgan fingerprint density at radius 3 is 2.20 bits per heavy atom. The van der Waals surface area contributed by atoms with Gasteiger partial charge in [-0.05, 0) is 54.2 Å². The van der Waals surface area contributed by atoms with Gasteiger partial charge in [0.15, 0.2) is 11.5 Å². The van der Waals surface area contributed by atoms with Crippen LogP contribution in [0.2, 0.25) is 0 Å². The van der Waals surface area contributed by atoms with E-state index >= 15 is 0 Å². The van der Waals surface area contributed by atoms with Gasteiger partial charge in [0.1, 0.15) is 0 Å². The number of hydrogen-bond acceptors (Lipinski definition) is 4. The molecule has 0 aromatic heterocycles. The van der Waals surface area contributed by atoms with Gasteiger partial charge < -0.3 is 9.47 Å². The van der Waals surface area contributed by atoms with Crippen LogP contribution in [0.5, 0.6) is 11.5 Å². The molecule has 2 amide bonds. The summed E-state index contributed by atoms with van der Waals surface area (Å²) in [6.45, 7) is 0.607. The number of carbonyl (C=O) groups is 2. The van der Waals surface area contributed by atoms with Gasteiger partial charge in [0.05, 0.1) is 11.1 Å². The van der Waals surface area contributed by atoms with E-state index in [0.29, 0.717) is 24.1 Å².